The summed E-state index contributed by atoms with van der Waals surface area (Å²) in [5.74, 6) is 2.33. The second-order valence-electron chi connectivity index (χ2n) is 8.31. The maximum Gasteiger partial charge on any atom is 0.191 e. The topological polar surface area (TPSA) is 59.0 Å². The van der Waals surface area contributed by atoms with Crippen molar-refractivity contribution in [3.8, 4) is 0 Å². The summed E-state index contributed by atoms with van der Waals surface area (Å²) in [5.41, 5.74) is 0. The smallest absolute Gasteiger partial charge is 0.191 e. The van der Waals surface area contributed by atoms with Crippen LogP contribution in [0.1, 0.15) is 20.3 Å². The molecule has 0 bridgehead atoms. The predicted octanol–water partition coefficient (Wildman–Crippen LogP) is 2.37. The first kappa shape index (κ1) is 25.4. The molecule has 0 aromatic carbocycles. The monoisotopic (exact) mass is 549 g/mol. The lowest BCUT2D eigenvalue weighted by Crippen LogP contribution is -2.46. The normalized spacial score (nSPS) is 21.9. The summed E-state index contributed by atoms with van der Waals surface area (Å²) in [6.45, 7) is 13.7. The van der Waals surface area contributed by atoms with E-state index in [0.29, 0.717) is 17.0 Å². The molecule has 170 valence electrons. The van der Waals surface area contributed by atoms with Crippen molar-refractivity contribution >= 4 is 47.4 Å². The molecule has 0 radical (unpaired) electrons. The summed E-state index contributed by atoms with van der Waals surface area (Å²) in [6.07, 6.45) is 2.85. The van der Waals surface area contributed by atoms with E-state index in [1.54, 1.807) is 6.20 Å². The van der Waals surface area contributed by atoms with Crippen molar-refractivity contribution in [1.29, 1.82) is 0 Å². The van der Waals surface area contributed by atoms with Crippen LogP contribution in [0.4, 0.5) is 5.82 Å². The highest BCUT2D eigenvalue weighted by atomic mass is 127. The number of piperazine rings is 1. The summed E-state index contributed by atoms with van der Waals surface area (Å²) in [5, 5.41) is 7.72. The highest BCUT2D eigenvalue weighted by Gasteiger charge is 2.25. The zero-order valence-electron chi connectivity index (χ0n) is 18.5. The van der Waals surface area contributed by atoms with Crippen molar-refractivity contribution in [2.45, 2.75) is 26.3 Å². The number of hydrogen-bond acceptors (Lipinski definition) is 5. The van der Waals surface area contributed by atoms with Crippen LogP contribution >= 0.6 is 35.6 Å². The Labute approximate surface area is 203 Å². The summed E-state index contributed by atoms with van der Waals surface area (Å²) < 4.78 is 0. The fraction of sp³-hybridized carbons (Fsp3) is 0.714. The SMILES string of the molecule is CCNC(=NCC(C)CN1CCN(C)CC1)NC1CCN(c2ncccc2Cl)C1.I. The Morgan fingerprint density at radius 2 is 2.07 bits per heavy atom. The van der Waals surface area contributed by atoms with E-state index >= 15 is 0 Å². The van der Waals surface area contributed by atoms with E-state index in [2.05, 4.69) is 51.2 Å². The molecule has 0 spiro atoms. The second-order valence-corrected chi connectivity index (χ2v) is 8.72. The number of aliphatic imine (C=N–C) groups is 1. The molecule has 7 nitrogen and oxygen atoms in total. The second kappa shape index (κ2) is 12.9. The molecule has 2 N–H and O–H groups in total. The Bertz CT molecular complexity index is 667. The number of likely N-dealkylation sites (N-methyl/N-ethyl adjacent to an activating group) is 1. The van der Waals surface area contributed by atoms with Crippen LogP contribution in [0.3, 0.4) is 0 Å². The van der Waals surface area contributed by atoms with E-state index in [4.69, 9.17) is 16.6 Å². The fourth-order valence-electron chi connectivity index (χ4n) is 3.97. The largest absolute Gasteiger partial charge is 0.357 e. The zero-order valence-corrected chi connectivity index (χ0v) is 21.6. The van der Waals surface area contributed by atoms with Gasteiger partial charge in [0.25, 0.3) is 0 Å². The molecule has 9 heteroatoms. The van der Waals surface area contributed by atoms with Crippen LogP contribution in [0.25, 0.3) is 0 Å². The van der Waals surface area contributed by atoms with Gasteiger partial charge in [-0.05, 0) is 38.4 Å². The van der Waals surface area contributed by atoms with Gasteiger partial charge in [-0.25, -0.2) is 4.98 Å². The molecule has 0 amide bonds. The molecular formula is C21H37ClIN7. The van der Waals surface area contributed by atoms with Crippen LogP contribution in [0.5, 0.6) is 0 Å². The van der Waals surface area contributed by atoms with Gasteiger partial charge in [0.05, 0.1) is 5.02 Å². The maximum absolute atomic E-state index is 6.31. The molecule has 2 fully saturated rings. The van der Waals surface area contributed by atoms with Crippen molar-refractivity contribution in [3.05, 3.63) is 23.4 Å². The van der Waals surface area contributed by atoms with E-state index in [1.165, 1.54) is 13.1 Å². The fourth-order valence-corrected chi connectivity index (χ4v) is 4.21. The van der Waals surface area contributed by atoms with E-state index in [9.17, 15) is 0 Å². The summed E-state index contributed by atoms with van der Waals surface area (Å²) in [7, 11) is 2.20. The molecule has 2 aliphatic rings. The highest BCUT2D eigenvalue weighted by Crippen LogP contribution is 2.25. The van der Waals surface area contributed by atoms with Gasteiger partial charge < -0.3 is 25.3 Å². The van der Waals surface area contributed by atoms with Gasteiger partial charge in [0, 0.05) is 71.1 Å². The van der Waals surface area contributed by atoms with Gasteiger partial charge in [0.1, 0.15) is 5.82 Å². The van der Waals surface area contributed by atoms with Crippen LogP contribution in [0.15, 0.2) is 23.3 Å². The van der Waals surface area contributed by atoms with Crippen molar-refractivity contribution < 1.29 is 0 Å². The number of rotatable bonds is 7. The van der Waals surface area contributed by atoms with Crippen LogP contribution < -0.4 is 15.5 Å². The van der Waals surface area contributed by atoms with E-state index in [1.807, 2.05) is 12.1 Å². The molecule has 0 saturated carbocycles. The number of nitrogens with zero attached hydrogens (tertiary/aromatic N) is 5. The lowest BCUT2D eigenvalue weighted by atomic mass is 10.1. The number of hydrogen-bond donors (Lipinski definition) is 2. The predicted molar refractivity (Wildman–Crippen MR) is 137 cm³/mol. The first-order chi connectivity index (χ1) is 14.0. The molecule has 2 atom stereocenters. The van der Waals surface area contributed by atoms with Crippen LogP contribution in [0.2, 0.25) is 5.02 Å². The van der Waals surface area contributed by atoms with Crippen LogP contribution in [-0.2, 0) is 0 Å². The lowest BCUT2D eigenvalue weighted by molar-refractivity contribution is 0.140. The van der Waals surface area contributed by atoms with Gasteiger partial charge in [-0.1, -0.05) is 18.5 Å². The quantitative estimate of drug-likeness (QED) is 0.309. The Morgan fingerprint density at radius 3 is 2.77 bits per heavy atom. The minimum atomic E-state index is 0. The van der Waals surface area contributed by atoms with Gasteiger partial charge in [0.2, 0.25) is 0 Å². The first-order valence-electron chi connectivity index (χ1n) is 10.9. The Morgan fingerprint density at radius 1 is 1.30 bits per heavy atom. The number of halogens is 2. The molecule has 2 unspecified atom stereocenters. The first-order valence-corrected chi connectivity index (χ1v) is 11.2. The maximum atomic E-state index is 6.31. The summed E-state index contributed by atoms with van der Waals surface area (Å²) in [6, 6.07) is 4.12. The summed E-state index contributed by atoms with van der Waals surface area (Å²) >= 11 is 6.31. The number of nitrogens with one attached hydrogen (secondary N) is 2. The minimum Gasteiger partial charge on any atom is -0.357 e. The van der Waals surface area contributed by atoms with Crippen molar-refractivity contribution in [2.24, 2.45) is 10.9 Å². The molecule has 2 aliphatic heterocycles. The van der Waals surface area contributed by atoms with Crippen molar-refractivity contribution in [1.82, 2.24) is 25.4 Å². The van der Waals surface area contributed by atoms with Gasteiger partial charge in [-0.15, -0.1) is 24.0 Å². The molecule has 3 rings (SSSR count). The van der Waals surface area contributed by atoms with Crippen LogP contribution in [-0.4, -0.2) is 92.7 Å². The molecular weight excluding hydrogens is 513 g/mol. The standard InChI is InChI=1S/C21H36ClN7.HI/c1-4-23-21(25-14-17(2)15-28-12-10-27(3)11-13-28)26-18-7-9-29(16-18)20-19(22)6-5-8-24-20;/h5-6,8,17-18H,4,7,9-16H2,1-3H3,(H2,23,25,26);1H. The molecule has 3 heterocycles. The van der Waals surface area contributed by atoms with Crippen LogP contribution in [0, 0.1) is 5.92 Å². The van der Waals surface area contributed by atoms with Gasteiger partial charge in [0.15, 0.2) is 5.96 Å². The lowest BCUT2D eigenvalue weighted by Gasteiger charge is -2.33. The molecule has 30 heavy (non-hydrogen) atoms. The number of guanidine groups is 1. The third-order valence-corrected chi connectivity index (χ3v) is 5.93. The average Bonchev–Trinajstić information content (AvgIpc) is 3.17. The number of aromatic nitrogens is 1. The third kappa shape index (κ3) is 7.69. The average molecular weight is 550 g/mol. The number of pyridine rings is 1. The highest BCUT2D eigenvalue weighted by molar-refractivity contribution is 14.0. The summed E-state index contributed by atoms with van der Waals surface area (Å²) in [4.78, 5) is 16.5. The van der Waals surface area contributed by atoms with Crippen molar-refractivity contribution in [2.75, 3.05) is 70.9 Å². The Hall–Kier alpha value is -0.840. The van der Waals surface area contributed by atoms with E-state index < -0.39 is 0 Å². The van der Waals surface area contributed by atoms with Gasteiger partial charge in [-0.2, -0.15) is 0 Å². The molecule has 2 saturated heterocycles. The third-order valence-electron chi connectivity index (χ3n) is 5.64. The molecule has 1 aromatic rings. The van der Waals surface area contributed by atoms with Crippen molar-refractivity contribution in [3.63, 3.8) is 0 Å². The van der Waals surface area contributed by atoms with Gasteiger partial charge >= 0.3 is 0 Å². The number of anilines is 1. The Kier molecular flexibility index (Phi) is 10.9. The van der Waals surface area contributed by atoms with Gasteiger partial charge in [-0.3, -0.25) is 4.99 Å². The molecule has 0 aliphatic carbocycles. The Balaban J connectivity index is 0.00000320. The van der Waals surface area contributed by atoms with E-state index in [-0.39, 0.29) is 24.0 Å². The van der Waals surface area contributed by atoms with E-state index in [0.717, 1.165) is 64.0 Å². The molecule has 1 aromatic heterocycles. The zero-order chi connectivity index (χ0) is 20.6. The minimum absolute atomic E-state index is 0.